The summed E-state index contributed by atoms with van der Waals surface area (Å²) in [6.45, 7) is 8.05. The third-order valence-electron chi connectivity index (χ3n) is 2.27. The first-order valence-electron chi connectivity index (χ1n) is 6.15. The fourth-order valence-electron chi connectivity index (χ4n) is 1.64. The smallest absolute Gasteiger partial charge is 0.328 e. The monoisotopic (exact) mass is 303 g/mol. The van der Waals surface area contributed by atoms with Crippen LogP contribution >= 0.6 is 23.2 Å². The van der Waals surface area contributed by atoms with Crippen molar-refractivity contribution < 1.29 is 9.53 Å². The molecule has 5 heteroatoms. The first kappa shape index (κ1) is 16.3. The summed E-state index contributed by atoms with van der Waals surface area (Å²) in [6, 6.07) is 4.49. The van der Waals surface area contributed by atoms with Gasteiger partial charge >= 0.3 is 5.97 Å². The molecular formula is C14H19Cl2NO2. The van der Waals surface area contributed by atoms with E-state index in [1.165, 1.54) is 0 Å². The van der Waals surface area contributed by atoms with Crippen LogP contribution in [0.1, 0.15) is 39.3 Å². The number of esters is 1. The van der Waals surface area contributed by atoms with Gasteiger partial charge in [0.2, 0.25) is 0 Å². The molecule has 0 aliphatic carbocycles. The number of rotatable bonds is 4. The molecule has 3 nitrogen and oxygen atoms in total. The Bertz CT molecular complexity index is 435. The lowest BCUT2D eigenvalue weighted by molar-refractivity contribution is -0.157. The van der Waals surface area contributed by atoms with E-state index in [9.17, 15) is 4.79 Å². The standard InChI is InChI=1S/C14H19Cl2NO2/c1-5-17-12(13(18)19-14(2,3)4)9-6-10(15)8-11(16)7-9/h6-8,12,17H,5H2,1-4H3. The van der Waals surface area contributed by atoms with Gasteiger partial charge in [-0.05, 0) is 51.1 Å². The highest BCUT2D eigenvalue weighted by Crippen LogP contribution is 2.25. The summed E-state index contributed by atoms with van der Waals surface area (Å²) in [4.78, 5) is 12.2. The zero-order valence-corrected chi connectivity index (χ0v) is 13.1. The van der Waals surface area contributed by atoms with Crippen LogP contribution < -0.4 is 5.32 Å². The molecule has 1 rings (SSSR count). The summed E-state index contributed by atoms with van der Waals surface area (Å²) in [5.74, 6) is -0.340. The third-order valence-corrected chi connectivity index (χ3v) is 2.71. The molecule has 0 bridgehead atoms. The molecule has 1 N–H and O–H groups in total. The Morgan fingerprint density at radius 1 is 1.26 bits per heavy atom. The fraction of sp³-hybridized carbons (Fsp3) is 0.500. The van der Waals surface area contributed by atoms with Crippen LogP contribution in [0.3, 0.4) is 0 Å². The van der Waals surface area contributed by atoms with Gasteiger partial charge in [-0.15, -0.1) is 0 Å². The van der Waals surface area contributed by atoms with Gasteiger partial charge in [-0.3, -0.25) is 0 Å². The van der Waals surface area contributed by atoms with Gasteiger partial charge in [0.05, 0.1) is 0 Å². The van der Waals surface area contributed by atoms with E-state index in [-0.39, 0.29) is 5.97 Å². The minimum atomic E-state index is -0.569. The number of hydrogen-bond donors (Lipinski definition) is 1. The van der Waals surface area contributed by atoms with Crippen molar-refractivity contribution in [3.63, 3.8) is 0 Å². The molecule has 1 aromatic carbocycles. The Balaban J connectivity index is 3.02. The Kier molecular flexibility index (Phi) is 5.65. The van der Waals surface area contributed by atoms with Crippen molar-refractivity contribution in [3.05, 3.63) is 33.8 Å². The van der Waals surface area contributed by atoms with E-state index >= 15 is 0 Å². The largest absolute Gasteiger partial charge is 0.459 e. The van der Waals surface area contributed by atoms with Crippen LogP contribution in [-0.4, -0.2) is 18.1 Å². The molecule has 1 unspecified atom stereocenters. The van der Waals surface area contributed by atoms with Gasteiger partial charge < -0.3 is 10.1 Å². The quantitative estimate of drug-likeness (QED) is 0.855. The highest BCUT2D eigenvalue weighted by Gasteiger charge is 2.26. The lowest BCUT2D eigenvalue weighted by atomic mass is 10.1. The van der Waals surface area contributed by atoms with Crippen molar-refractivity contribution in [1.82, 2.24) is 5.32 Å². The van der Waals surface area contributed by atoms with Crippen LogP contribution in [-0.2, 0) is 9.53 Å². The van der Waals surface area contributed by atoms with Gasteiger partial charge in [0.25, 0.3) is 0 Å². The second kappa shape index (κ2) is 6.60. The van der Waals surface area contributed by atoms with Crippen LogP contribution in [0.5, 0.6) is 0 Å². The zero-order chi connectivity index (χ0) is 14.6. The minimum Gasteiger partial charge on any atom is -0.459 e. The number of ether oxygens (including phenoxy) is 1. The first-order valence-corrected chi connectivity index (χ1v) is 6.91. The van der Waals surface area contributed by atoms with Gasteiger partial charge in [-0.2, -0.15) is 0 Å². The van der Waals surface area contributed by atoms with Gasteiger partial charge in [-0.1, -0.05) is 30.1 Å². The second-order valence-corrected chi connectivity index (χ2v) is 6.10. The molecule has 0 heterocycles. The molecule has 0 amide bonds. The molecular weight excluding hydrogens is 285 g/mol. The molecule has 1 atom stereocenters. The van der Waals surface area contributed by atoms with E-state index in [2.05, 4.69) is 5.32 Å². The summed E-state index contributed by atoms with van der Waals surface area (Å²) < 4.78 is 5.40. The maximum Gasteiger partial charge on any atom is 0.328 e. The molecule has 0 aromatic heterocycles. The number of carbonyl (C=O) groups excluding carboxylic acids is 1. The fourth-order valence-corrected chi connectivity index (χ4v) is 2.19. The van der Waals surface area contributed by atoms with E-state index in [1.54, 1.807) is 18.2 Å². The van der Waals surface area contributed by atoms with Gasteiger partial charge in [0, 0.05) is 10.0 Å². The number of halogens is 2. The Hall–Kier alpha value is -0.770. The first-order chi connectivity index (χ1) is 8.73. The average molecular weight is 304 g/mol. The second-order valence-electron chi connectivity index (χ2n) is 5.23. The van der Waals surface area contributed by atoms with Crippen LogP contribution in [0.25, 0.3) is 0 Å². The molecule has 0 radical (unpaired) electrons. The van der Waals surface area contributed by atoms with E-state index in [0.29, 0.717) is 22.2 Å². The van der Waals surface area contributed by atoms with Crippen molar-refractivity contribution in [2.24, 2.45) is 0 Å². The Labute approximate surface area is 124 Å². The number of benzene rings is 1. The summed E-state index contributed by atoms with van der Waals surface area (Å²) in [5.41, 5.74) is 0.168. The summed E-state index contributed by atoms with van der Waals surface area (Å²) in [6.07, 6.45) is 0. The Morgan fingerprint density at radius 3 is 2.21 bits per heavy atom. The van der Waals surface area contributed by atoms with Crippen LogP contribution in [0.15, 0.2) is 18.2 Å². The Morgan fingerprint density at radius 2 is 1.79 bits per heavy atom. The molecule has 0 aliphatic heterocycles. The van der Waals surface area contributed by atoms with E-state index in [4.69, 9.17) is 27.9 Å². The van der Waals surface area contributed by atoms with Gasteiger partial charge in [-0.25, -0.2) is 4.79 Å². The number of hydrogen-bond acceptors (Lipinski definition) is 3. The molecule has 0 saturated carbocycles. The van der Waals surface area contributed by atoms with Crippen LogP contribution in [0, 0.1) is 0 Å². The average Bonchev–Trinajstić information content (AvgIpc) is 2.21. The number of nitrogens with one attached hydrogen (secondary N) is 1. The van der Waals surface area contributed by atoms with E-state index in [1.807, 2.05) is 27.7 Å². The predicted octanol–water partition coefficient (Wildman–Crippen LogP) is 3.99. The topological polar surface area (TPSA) is 38.3 Å². The molecule has 0 fully saturated rings. The summed E-state index contributed by atoms with van der Waals surface area (Å²) in [5, 5.41) is 4.07. The van der Waals surface area contributed by atoms with Gasteiger partial charge in [0.1, 0.15) is 11.6 Å². The lowest BCUT2D eigenvalue weighted by Crippen LogP contribution is -2.35. The third kappa shape index (κ3) is 5.39. The lowest BCUT2D eigenvalue weighted by Gasteiger charge is -2.24. The highest BCUT2D eigenvalue weighted by molar-refractivity contribution is 6.34. The predicted molar refractivity (Wildman–Crippen MR) is 78.7 cm³/mol. The maximum atomic E-state index is 12.2. The van der Waals surface area contributed by atoms with E-state index in [0.717, 1.165) is 0 Å². The zero-order valence-electron chi connectivity index (χ0n) is 11.6. The van der Waals surface area contributed by atoms with Crippen LogP contribution in [0.4, 0.5) is 0 Å². The highest BCUT2D eigenvalue weighted by atomic mass is 35.5. The molecule has 106 valence electrons. The van der Waals surface area contributed by atoms with E-state index < -0.39 is 11.6 Å². The van der Waals surface area contributed by atoms with Crippen LogP contribution in [0.2, 0.25) is 10.0 Å². The minimum absolute atomic E-state index is 0.340. The molecule has 1 aromatic rings. The normalized spacial score (nSPS) is 13.2. The number of carbonyl (C=O) groups is 1. The molecule has 0 saturated heterocycles. The van der Waals surface area contributed by atoms with Crippen molar-refractivity contribution in [3.8, 4) is 0 Å². The van der Waals surface area contributed by atoms with Crippen molar-refractivity contribution in [2.75, 3.05) is 6.54 Å². The summed E-state index contributed by atoms with van der Waals surface area (Å²) in [7, 11) is 0. The van der Waals surface area contributed by atoms with Crippen molar-refractivity contribution in [2.45, 2.75) is 39.3 Å². The van der Waals surface area contributed by atoms with Crippen molar-refractivity contribution >= 4 is 29.2 Å². The summed E-state index contributed by atoms with van der Waals surface area (Å²) >= 11 is 11.9. The molecule has 0 aliphatic rings. The van der Waals surface area contributed by atoms with Gasteiger partial charge in [0.15, 0.2) is 0 Å². The van der Waals surface area contributed by atoms with Crippen molar-refractivity contribution in [1.29, 1.82) is 0 Å². The maximum absolute atomic E-state index is 12.2. The number of likely N-dealkylation sites (N-methyl/N-ethyl adjacent to an activating group) is 1. The molecule has 0 spiro atoms. The molecule has 19 heavy (non-hydrogen) atoms. The SMILES string of the molecule is CCNC(C(=O)OC(C)(C)C)c1cc(Cl)cc(Cl)c1.